The number of carbonyl (C=O) groups excluding carboxylic acids is 2. The number of amides is 1. The van der Waals surface area contributed by atoms with Crippen LogP contribution >= 0.6 is 0 Å². The van der Waals surface area contributed by atoms with E-state index in [0.717, 1.165) is 5.56 Å². The summed E-state index contributed by atoms with van der Waals surface area (Å²) in [6, 6.07) is 13.2. The van der Waals surface area contributed by atoms with E-state index < -0.39 is 17.5 Å². The first kappa shape index (κ1) is 18.1. The molecule has 3 rings (SSSR count). The van der Waals surface area contributed by atoms with Crippen molar-refractivity contribution in [3.05, 3.63) is 88.3 Å². The van der Waals surface area contributed by atoms with Crippen LogP contribution < -0.4 is 16.0 Å². The van der Waals surface area contributed by atoms with Gasteiger partial charge in [-0.25, -0.2) is 4.79 Å². The van der Waals surface area contributed by atoms with E-state index in [0.29, 0.717) is 28.6 Å². The van der Waals surface area contributed by atoms with Crippen molar-refractivity contribution in [2.24, 2.45) is 0 Å². The average Bonchev–Trinajstić information content (AvgIpc) is 2.63. The fraction of sp³-hybridized carbons (Fsp3) is 0.0952. The number of rotatable bonds is 6. The maximum atomic E-state index is 12.5. The van der Waals surface area contributed by atoms with Gasteiger partial charge in [0.15, 0.2) is 0 Å². The van der Waals surface area contributed by atoms with E-state index in [9.17, 15) is 19.5 Å². The molecule has 0 bridgehead atoms. The highest BCUT2D eigenvalue weighted by Gasteiger charge is 2.15. The van der Waals surface area contributed by atoms with Gasteiger partial charge in [0.2, 0.25) is 0 Å². The van der Waals surface area contributed by atoms with Gasteiger partial charge in [-0.05, 0) is 35.7 Å². The Hall–Kier alpha value is -3.67. The molecule has 0 spiro atoms. The minimum Gasteiger partial charge on any atom is -0.550 e. The molecule has 0 unspecified atom stereocenters. The third kappa shape index (κ3) is 4.12. The topological polar surface area (TPSA) is 99.4 Å². The van der Waals surface area contributed by atoms with Crippen LogP contribution in [0.25, 0.3) is 11.0 Å². The van der Waals surface area contributed by atoms with Crippen molar-refractivity contribution >= 4 is 28.5 Å². The third-order valence-electron chi connectivity index (χ3n) is 4.01. The minimum atomic E-state index is -1.18. The fourth-order valence-corrected chi connectivity index (χ4v) is 2.75. The lowest BCUT2D eigenvalue weighted by atomic mass is 10.1. The Balaban J connectivity index is 1.87. The summed E-state index contributed by atoms with van der Waals surface area (Å²) in [5.74, 6) is -1.79. The minimum absolute atomic E-state index is 0.114. The first-order valence-electron chi connectivity index (χ1n) is 8.24. The number of hydrogen-bond acceptors (Lipinski definition) is 5. The van der Waals surface area contributed by atoms with Gasteiger partial charge < -0.3 is 19.6 Å². The Morgan fingerprint density at radius 2 is 1.89 bits per heavy atom. The van der Waals surface area contributed by atoms with E-state index in [-0.39, 0.29) is 12.0 Å². The zero-order valence-electron chi connectivity index (χ0n) is 14.4. The monoisotopic (exact) mass is 362 g/mol. The van der Waals surface area contributed by atoms with Gasteiger partial charge in [0.25, 0.3) is 5.91 Å². The van der Waals surface area contributed by atoms with Crippen molar-refractivity contribution in [2.45, 2.75) is 12.8 Å². The predicted molar refractivity (Wildman–Crippen MR) is 99.5 cm³/mol. The maximum Gasteiger partial charge on any atom is 0.349 e. The quantitative estimate of drug-likeness (QED) is 0.534. The molecule has 0 aliphatic heterocycles. The van der Waals surface area contributed by atoms with Gasteiger partial charge in [0.1, 0.15) is 11.1 Å². The summed E-state index contributed by atoms with van der Waals surface area (Å²) in [6.45, 7) is 3.68. The number of anilines is 1. The zero-order valence-corrected chi connectivity index (χ0v) is 14.4. The third-order valence-corrected chi connectivity index (χ3v) is 4.01. The van der Waals surface area contributed by atoms with Gasteiger partial charge in [-0.15, -0.1) is 6.58 Å². The lowest BCUT2D eigenvalue weighted by Crippen LogP contribution is -2.24. The molecule has 0 atom stereocenters. The molecule has 6 heteroatoms. The van der Waals surface area contributed by atoms with Crippen LogP contribution in [0.5, 0.6) is 0 Å². The number of carbonyl (C=O) groups is 2. The van der Waals surface area contributed by atoms with Gasteiger partial charge in [0, 0.05) is 23.5 Å². The van der Waals surface area contributed by atoms with Crippen LogP contribution in [0.3, 0.4) is 0 Å². The van der Waals surface area contributed by atoms with E-state index in [1.165, 1.54) is 6.07 Å². The number of allylic oxidation sites excluding steroid dienone is 1. The number of benzene rings is 2. The average molecular weight is 362 g/mol. The number of nitrogens with one attached hydrogen (secondary N) is 1. The predicted octanol–water partition coefficient (Wildman–Crippen LogP) is 2.07. The summed E-state index contributed by atoms with van der Waals surface area (Å²) in [5.41, 5.74) is 1.39. The summed E-state index contributed by atoms with van der Waals surface area (Å²) in [7, 11) is 0. The molecule has 1 aromatic heterocycles. The lowest BCUT2D eigenvalue weighted by molar-refractivity contribution is -0.304. The lowest BCUT2D eigenvalue weighted by Gasteiger charge is -2.08. The first-order chi connectivity index (χ1) is 13.0. The molecule has 6 nitrogen and oxygen atoms in total. The maximum absolute atomic E-state index is 12.5. The molecule has 0 fully saturated rings. The van der Waals surface area contributed by atoms with E-state index in [1.54, 1.807) is 36.4 Å². The van der Waals surface area contributed by atoms with Gasteiger partial charge in [0.05, 0.1) is 0 Å². The second kappa shape index (κ2) is 7.70. The second-order valence-electron chi connectivity index (χ2n) is 5.98. The Kier molecular flexibility index (Phi) is 5.17. The Morgan fingerprint density at radius 3 is 2.56 bits per heavy atom. The molecule has 0 aliphatic rings. The van der Waals surface area contributed by atoms with Crippen LogP contribution in [0, 0.1) is 0 Å². The number of fused-ring (bicyclic) bond motifs is 1. The van der Waals surface area contributed by atoms with E-state index in [1.807, 2.05) is 12.1 Å². The van der Waals surface area contributed by atoms with Crippen LogP contribution in [0.1, 0.15) is 21.5 Å². The van der Waals surface area contributed by atoms with Gasteiger partial charge in [-0.1, -0.05) is 36.4 Å². The molecule has 0 saturated carbocycles. The summed E-state index contributed by atoms with van der Waals surface area (Å²) in [4.78, 5) is 35.3. The second-order valence-corrected chi connectivity index (χ2v) is 5.98. The largest absolute Gasteiger partial charge is 0.550 e. The highest BCUT2D eigenvalue weighted by Crippen LogP contribution is 2.20. The molecule has 1 amide bonds. The summed E-state index contributed by atoms with van der Waals surface area (Å²) >= 11 is 0. The Bertz CT molecular complexity index is 1080. The zero-order chi connectivity index (χ0) is 19.4. The van der Waals surface area contributed by atoms with Gasteiger partial charge in [-0.2, -0.15) is 0 Å². The molecule has 1 N–H and O–H groups in total. The van der Waals surface area contributed by atoms with Gasteiger partial charge in [-0.3, -0.25) is 4.79 Å². The molecule has 2 aromatic carbocycles. The van der Waals surface area contributed by atoms with Crippen LogP contribution in [0.2, 0.25) is 0 Å². The Labute approximate surface area is 154 Å². The van der Waals surface area contributed by atoms with Gasteiger partial charge >= 0.3 is 5.63 Å². The molecule has 0 radical (unpaired) electrons. The van der Waals surface area contributed by atoms with Crippen molar-refractivity contribution in [3.63, 3.8) is 0 Å². The van der Waals surface area contributed by atoms with E-state index in [4.69, 9.17) is 4.42 Å². The van der Waals surface area contributed by atoms with Crippen LogP contribution in [-0.2, 0) is 17.6 Å². The van der Waals surface area contributed by atoms with Crippen molar-refractivity contribution < 1.29 is 19.1 Å². The molecule has 27 heavy (non-hydrogen) atoms. The highest BCUT2D eigenvalue weighted by atomic mass is 16.4. The number of hydrogen-bond donors (Lipinski definition) is 1. The van der Waals surface area contributed by atoms with E-state index in [2.05, 4.69) is 11.9 Å². The van der Waals surface area contributed by atoms with Crippen LogP contribution in [0.15, 0.2) is 70.4 Å². The van der Waals surface area contributed by atoms with Crippen molar-refractivity contribution in [1.29, 1.82) is 0 Å². The van der Waals surface area contributed by atoms with Crippen LogP contribution in [-0.4, -0.2) is 11.9 Å². The van der Waals surface area contributed by atoms with Crippen molar-refractivity contribution in [1.82, 2.24) is 0 Å². The van der Waals surface area contributed by atoms with Crippen molar-refractivity contribution in [3.8, 4) is 0 Å². The molecular formula is C21H16NO5-. The molecular weight excluding hydrogens is 346 g/mol. The SMILES string of the molecule is C=CCc1cccc2cc(C(=O)Nc3ccc(CC(=O)[O-])cc3)c(=O)oc12. The smallest absolute Gasteiger partial charge is 0.349 e. The summed E-state index contributed by atoms with van der Waals surface area (Å²) in [5, 5.41) is 13.8. The number of aliphatic carboxylic acids is 1. The highest BCUT2D eigenvalue weighted by molar-refractivity contribution is 6.05. The fourth-order valence-electron chi connectivity index (χ4n) is 2.75. The number of para-hydroxylation sites is 1. The molecule has 0 saturated heterocycles. The molecule has 3 aromatic rings. The Morgan fingerprint density at radius 1 is 1.15 bits per heavy atom. The van der Waals surface area contributed by atoms with Crippen LogP contribution in [0.4, 0.5) is 5.69 Å². The first-order valence-corrected chi connectivity index (χ1v) is 8.24. The molecule has 1 heterocycles. The summed E-state index contributed by atoms with van der Waals surface area (Å²) in [6.07, 6.45) is 2.04. The standard InChI is InChI=1S/C21H17NO5/c1-2-4-14-5-3-6-15-12-17(21(26)27-19(14)15)20(25)22-16-9-7-13(8-10-16)11-18(23)24/h2-3,5-10,12H,1,4,11H2,(H,22,25)(H,23,24)/p-1. The number of carboxylic acids is 1. The molecule has 0 aliphatic carbocycles. The van der Waals surface area contributed by atoms with Crippen molar-refractivity contribution in [2.75, 3.05) is 5.32 Å². The summed E-state index contributed by atoms with van der Waals surface area (Å²) < 4.78 is 5.36. The normalized spacial score (nSPS) is 10.5. The molecule has 136 valence electrons. The van der Waals surface area contributed by atoms with E-state index >= 15 is 0 Å². The number of carboxylic acid groups (broad SMARTS) is 1.